The minimum atomic E-state index is -4.54. The summed E-state index contributed by atoms with van der Waals surface area (Å²) in [5.41, 5.74) is -0.907. The van der Waals surface area contributed by atoms with Crippen LogP contribution >= 0.6 is 0 Å². The van der Waals surface area contributed by atoms with Crippen LogP contribution in [0.2, 0.25) is 0 Å². The number of likely N-dealkylation sites (tertiary alicyclic amines) is 1. The second-order valence-corrected chi connectivity index (χ2v) is 7.90. The van der Waals surface area contributed by atoms with Crippen LogP contribution in [0.1, 0.15) is 50.5 Å². The van der Waals surface area contributed by atoms with Crippen molar-refractivity contribution in [3.63, 3.8) is 0 Å². The lowest BCUT2D eigenvalue weighted by atomic mass is 9.95. The van der Waals surface area contributed by atoms with E-state index in [4.69, 9.17) is 4.74 Å². The van der Waals surface area contributed by atoms with Gasteiger partial charge in [0.05, 0.1) is 5.56 Å². The summed E-state index contributed by atoms with van der Waals surface area (Å²) in [6, 6.07) is 4.88. The van der Waals surface area contributed by atoms with Crippen molar-refractivity contribution in [1.82, 2.24) is 15.5 Å². The minimum absolute atomic E-state index is 0.0567. The molecule has 0 aromatic heterocycles. The Hall–Kier alpha value is -2.45. The van der Waals surface area contributed by atoms with Gasteiger partial charge >= 0.3 is 12.2 Å². The molecule has 1 aromatic carbocycles. The summed E-state index contributed by atoms with van der Waals surface area (Å²) in [6.07, 6.45) is 2.22. The van der Waals surface area contributed by atoms with E-state index in [9.17, 15) is 22.8 Å². The molecule has 1 saturated carbocycles. The van der Waals surface area contributed by atoms with E-state index in [1.165, 1.54) is 24.6 Å². The zero-order chi connectivity index (χ0) is 21.6. The van der Waals surface area contributed by atoms with E-state index >= 15 is 0 Å². The predicted molar refractivity (Wildman–Crippen MR) is 105 cm³/mol. The third kappa shape index (κ3) is 6.27. The molecule has 0 spiro atoms. The van der Waals surface area contributed by atoms with Crippen LogP contribution in [0.4, 0.5) is 18.0 Å². The van der Waals surface area contributed by atoms with Crippen molar-refractivity contribution >= 4 is 11.9 Å². The number of alkyl halides is 3. The highest BCUT2D eigenvalue weighted by Gasteiger charge is 2.34. The van der Waals surface area contributed by atoms with Gasteiger partial charge in [0.2, 0.25) is 0 Å². The smallest absolute Gasteiger partial charge is 0.419 e. The lowest BCUT2D eigenvalue weighted by molar-refractivity contribution is -0.139. The second kappa shape index (κ2) is 10.0. The van der Waals surface area contributed by atoms with Gasteiger partial charge in [-0.2, -0.15) is 13.2 Å². The summed E-state index contributed by atoms with van der Waals surface area (Å²) < 4.78 is 44.0. The van der Waals surface area contributed by atoms with Crippen molar-refractivity contribution in [2.75, 3.05) is 19.7 Å². The van der Waals surface area contributed by atoms with E-state index < -0.39 is 24.3 Å². The Kier molecular flexibility index (Phi) is 7.44. The molecule has 1 aliphatic carbocycles. The minimum Gasteiger partial charge on any atom is -0.483 e. The first-order chi connectivity index (χ1) is 14.3. The number of urea groups is 1. The predicted octanol–water partition coefficient (Wildman–Crippen LogP) is 3.71. The fourth-order valence-corrected chi connectivity index (χ4v) is 3.98. The maximum Gasteiger partial charge on any atom is 0.419 e. The quantitative estimate of drug-likeness (QED) is 0.753. The van der Waals surface area contributed by atoms with Crippen molar-refractivity contribution in [3.05, 3.63) is 29.8 Å². The van der Waals surface area contributed by atoms with Crippen molar-refractivity contribution in [1.29, 1.82) is 0 Å². The molecule has 6 nitrogen and oxygen atoms in total. The molecule has 3 amide bonds. The van der Waals surface area contributed by atoms with Gasteiger partial charge in [0.25, 0.3) is 5.91 Å². The van der Waals surface area contributed by atoms with Gasteiger partial charge in [0.1, 0.15) is 5.75 Å². The molecule has 1 aliphatic heterocycles. The van der Waals surface area contributed by atoms with Gasteiger partial charge in [-0.15, -0.1) is 0 Å². The molecule has 1 saturated heterocycles. The molecule has 2 N–H and O–H groups in total. The fraction of sp³-hybridized carbons (Fsp3) is 0.619. The van der Waals surface area contributed by atoms with Crippen molar-refractivity contribution < 1.29 is 27.5 Å². The summed E-state index contributed by atoms with van der Waals surface area (Å²) in [5.74, 6) is -0.841. The topological polar surface area (TPSA) is 70.7 Å². The number of carbonyl (C=O) groups excluding carboxylic acids is 2. The summed E-state index contributed by atoms with van der Waals surface area (Å²) >= 11 is 0. The van der Waals surface area contributed by atoms with Crippen LogP contribution in [0.5, 0.6) is 5.75 Å². The Morgan fingerprint density at radius 1 is 0.967 bits per heavy atom. The number of hydrogen-bond acceptors (Lipinski definition) is 3. The molecule has 2 fully saturated rings. The first-order valence-electron chi connectivity index (χ1n) is 10.5. The number of benzene rings is 1. The van der Waals surface area contributed by atoms with Crippen LogP contribution in [0.25, 0.3) is 0 Å². The zero-order valence-corrected chi connectivity index (χ0v) is 16.8. The number of ether oxygens (including phenoxy) is 1. The largest absolute Gasteiger partial charge is 0.483 e. The highest BCUT2D eigenvalue weighted by atomic mass is 19.4. The number of carbonyl (C=O) groups is 2. The van der Waals surface area contributed by atoms with Crippen LogP contribution in [-0.2, 0) is 11.0 Å². The van der Waals surface area contributed by atoms with E-state index in [1.54, 1.807) is 4.90 Å². The number of halogens is 3. The van der Waals surface area contributed by atoms with Gasteiger partial charge in [-0.1, -0.05) is 31.4 Å². The SMILES string of the molecule is O=C(COc1ccccc1C(F)(F)F)NC1CCN(C(=O)NC2CCCCC2)CC1. The van der Waals surface area contributed by atoms with Gasteiger partial charge in [-0.3, -0.25) is 4.79 Å². The molecule has 0 atom stereocenters. The van der Waals surface area contributed by atoms with Crippen molar-refractivity contribution in [2.24, 2.45) is 0 Å². The van der Waals surface area contributed by atoms with E-state index in [0.717, 1.165) is 31.7 Å². The van der Waals surface area contributed by atoms with Crippen LogP contribution in [0.3, 0.4) is 0 Å². The maximum atomic E-state index is 13.0. The first kappa shape index (κ1) is 22.2. The molecule has 1 aromatic rings. The normalized spacial score (nSPS) is 18.7. The van der Waals surface area contributed by atoms with Crippen molar-refractivity contribution in [2.45, 2.75) is 63.2 Å². The third-order valence-corrected chi connectivity index (χ3v) is 5.63. The molecule has 2 aliphatic rings. The zero-order valence-electron chi connectivity index (χ0n) is 16.8. The Morgan fingerprint density at radius 2 is 1.60 bits per heavy atom. The Balaban J connectivity index is 1.40. The lowest BCUT2D eigenvalue weighted by Gasteiger charge is -2.34. The van der Waals surface area contributed by atoms with E-state index in [0.29, 0.717) is 25.9 Å². The summed E-state index contributed by atoms with van der Waals surface area (Å²) in [4.78, 5) is 26.3. The standard InChI is InChI=1S/C21H28F3N3O3/c22-21(23,24)17-8-4-5-9-18(17)30-14-19(28)25-16-10-12-27(13-11-16)20(29)26-15-6-2-1-3-7-15/h4-5,8-9,15-16H,1-3,6-7,10-14H2,(H,25,28)(H,26,29). The van der Waals surface area contributed by atoms with Gasteiger partial charge in [0.15, 0.2) is 6.61 Å². The van der Waals surface area contributed by atoms with Crippen LogP contribution in [0.15, 0.2) is 24.3 Å². The molecule has 0 radical (unpaired) electrons. The molecule has 9 heteroatoms. The van der Waals surface area contributed by atoms with Crippen LogP contribution in [-0.4, -0.2) is 48.6 Å². The number of nitrogens with one attached hydrogen (secondary N) is 2. The third-order valence-electron chi connectivity index (χ3n) is 5.63. The molecule has 30 heavy (non-hydrogen) atoms. The second-order valence-electron chi connectivity index (χ2n) is 7.90. The summed E-state index contributed by atoms with van der Waals surface area (Å²) in [7, 11) is 0. The van der Waals surface area contributed by atoms with Crippen LogP contribution in [0, 0.1) is 0 Å². The average molecular weight is 427 g/mol. The van der Waals surface area contributed by atoms with Gasteiger partial charge in [0, 0.05) is 25.2 Å². The van der Waals surface area contributed by atoms with Gasteiger partial charge in [-0.25, -0.2) is 4.79 Å². The van der Waals surface area contributed by atoms with E-state index in [2.05, 4.69) is 10.6 Å². The Labute approximate surface area is 174 Å². The molecule has 166 valence electrons. The van der Waals surface area contributed by atoms with E-state index in [1.807, 2.05) is 0 Å². The lowest BCUT2D eigenvalue weighted by Crippen LogP contribution is -2.52. The fourth-order valence-electron chi connectivity index (χ4n) is 3.98. The average Bonchev–Trinajstić information content (AvgIpc) is 2.73. The summed E-state index contributed by atoms with van der Waals surface area (Å²) in [6.45, 7) is 0.567. The van der Waals surface area contributed by atoms with E-state index in [-0.39, 0.29) is 23.9 Å². The molecule has 3 rings (SSSR count). The van der Waals surface area contributed by atoms with Crippen LogP contribution < -0.4 is 15.4 Å². The van der Waals surface area contributed by atoms with Crippen molar-refractivity contribution in [3.8, 4) is 5.75 Å². The molecule has 0 unspecified atom stereocenters. The maximum absolute atomic E-state index is 13.0. The molecule has 1 heterocycles. The highest BCUT2D eigenvalue weighted by Crippen LogP contribution is 2.35. The highest BCUT2D eigenvalue weighted by molar-refractivity contribution is 5.78. The van der Waals surface area contributed by atoms with Gasteiger partial charge in [-0.05, 0) is 37.8 Å². The number of nitrogens with zero attached hydrogens (tertiary/aromatic N) is 1. The number of hydrogen-bond donors (Lipinski definition) is 2. The molecular formula is C21H28F3N3O3. The molecule has 0 bridgehead atoms. The first-order valence-corrected chi connectivity index (χ1v) is 10.5. The number of piperidine rings is 1. The number of para-hydroxylation sites is 1. The Morgan fingerprint density at radius 3 is 2.27 bits per heavy atom. The number of rotatable bonds is 5. The Bertz CT molecular complexity index is 728. The molecular weight excluding hydrogens is 399 g/mol. The monoisotopic (exact) mass is 427 g/mol. The van der Waals surface area contributed by atoms with Gasteiger partial charge < -0.3 is 20.3 Å². The number of amides is 3. The summed E-state index contributed by atoms with van der Waals surface area (Å²) in [5, 5.41) is 5.87.